The SMILES string of the molecule is O=C1/C(=C\c2ccc(OC(F)F)cc2)SC(=S)N1c1cccnc1. The fraction of sp³-hybridized carbons (Fsp3) is 0.0625. The van der Waals surface area contributed by atoms with Crippen LogP contribution in [0.5, 0.6) is 5.75 Å². The van der Waals surface area contributed by atoms with Gasteiger partial charge in [0, 0.05) is 6.20 Å². The van der Waals surface area contributed by atoms with Gasteiger partial charge in [0.25, 0.3) is 5.91 Å². The second-order valence-corrected chi connectivity index (χ2v) is 6.35. The molecule has 1 fully saturated rings. The molecule has 0 aliphatic carbocycles. The number of nitrogens with zero attached hydrogens (tertiary/aromatic N) is 2. The van der Waals surface area contributed by atoms with E-state index in [1.54, 1.807) is 42.7 Å². The first kappa shape index (κ1) is 16.5. The van der Waals surface area contributed by atoms with Gasteiger partial charge in [0.05, 0.1) is 16.8 Å². The number of alkyl halides is 2. The number of carbonyl (C=O) groups excluding carboxylic acids is 1. The van der Waals surface area contributed by atoms with Crippen molar-refractivity contribution < 1.29 is 18.3 Å². The molecule has 1 saturated heterocycles. The maximum Gasteiger partial charge on any atom is 0.387 e. The van der Waals surface area contributed by atoms with Crippen LogP contribution in [0.2, 0.25) is 0 Å². The van der Waals surface area contributed by atoms with Crippen LogP contribution in [-0.2, 0) is 4.79 Å². The summed E-state index contributed by atoms with van der Waals surface area (Å²) in [7, 11) is 0. The molecule has 1 aliphatic heterocycles. The van der Waals surface area contributed by atoms with Crippen molar-refractivity contribution >= 4 is 46.0 Å². The molecule has 2 heterocycles. The summed E-state index contributed by atoms with van der Waals surface area (Å²) >= 11 is 6.43. The van der Waals surface area contributed by atoms with Crippen LogP contribution in [0.3, 0.4) is 0 Å². The topological polar surface area (TPSA) is 42.4 Å². The predicted molar refractivity (Wildman–Crippen MR) is 93.0 cm³/mol. The van der Waals surface area contributed by atoms with Gasteiger partial charge in [-0.1, -0.05) is 36.1 Å². The predicted octanol–water partition coefficient (Wildman–Crippen LogP) is 4.09. The minimum Gasteiger partial charge on any atom is -0.435 e. The molecule has 1 aromatic carbocycles. The van der Waals surface area contributed by atoms with Gasteiger partial charge in [-0.05, 0) is 35.9 Å². The zero-order valence-electron chi connectivity index (χ0n) is 12.1. The van der Waals surface area contributed by atoms with Crippen LogP contribution in [0.25, 0.3) is 6.08 Å². The molecule has 4 nitrogen and oxygen atoms in total. The highest BCUT2D eigenvalue weighted by atomic mass is 32.2. The molecular weight excluding hydrogens is 354 g/mol. The number of carbonyl (C=O) groups is 1. The lowest BCUT2D eigenvalue weighted by atomic mass is 10.2. The summed E-state index contributed by atoms with van der Waals surface area (Å²) in [6.45, 7) is -2.87. The molecule has 0 atom stereocenters. The number of hydrogen-bond donors (Lipinski definition) is 0. The van der Waals surface area contributed by atoms with E-state index in [0.29, 0.717) is 20.5 Å². The van der Waals surface area contributed by atoms with Gasteiger partial charge in [0.15, 0.2) is 4.32 Å². The number of thioether (sulfide) groups is 1. The maximum absolute atomic E-state index is 12.5. The van der Waals surface area contributed by atoms with Gasteiger partial charge in [-0.3, -0.25) is 14.7 Å². The van der Waals surface area contributed by atoms with Crippen molar-refractivity contribution in [3.8, 4) is 5.75 Å². The summed E-state index contributed by atoms with van der Waals surface area (Å²) in [4.78, 5) is 18.4. The van der Waals surface area contributed by atoms with Crippen molar-refractivity contribution in [2.24, 2.45) is 0 Å². The van der Waals surface area contributed by atoms with Crippen LogP contribution in [0.1, 0.15) is 5.56 Å². The van der Waals surface area contributed by atoms with Gasteiger partial charge < -0.3 is 4.74 Å². The van der Waals surface area contributed by atoms with Gasteiger partial charge in [0.1, 0.15) is 5.75 Å². The highest BCUT2D eigenvalue weighted by Crippen LogP contribution is 2.35. The van der Waals surface area contributed by atoms with E-state index >= 15 is 0 Å². The Balaban J connectivity index is 1.81. The van der Waals surface area contributed by atoms with E-state index in [0.717, 1.165) is 0 Å². The third-order valence-electron chi connectivity index (χ3n) is 3.10. The number of amides is 1. The molecule has 24 heavy (non-hydrogen) atoms. The summed E-state index contributed by atoms with van der Waals surface area (Å²) in [6.07, 6.45) is 4.83. The van der Waals surface area contributed by atoms with Crippen molar-refractivity contribution in [3.05, 3.63) is 59.3 Å². The van der Waals surface area contributed by atoms with Crippen molar-refractivity contribution in [1.29, 1.82) is 0 Å². The van der Waals surface area contributed by atoms with E-state index in [9.17, 15) is 13.6 Å². The lowest BCUT2D eigenvalue weighted by Crippen LogP contribution is -2.27. The van der Waals surface area contributed by atoms with E-state index in [2.05, 4.69) is 9.72 Å². The Kier molecular flexibility index (Phi) is 4.86. The summed E-state index contributed by atoms with van der Waals surface area (Å²) < 4.78 is 29.0. The van der Waals surface area contributed by atoms with Crippen molar-refractivity contribution in [2.45, 2.75) is 6.61 Å². The first-order valence-electron chi connectivity index (χ1n) is 6.77. The number of aromatic nitrogens is 1. The molecule has 0 bridgehead atoms. The van der Waals surface area contributed by atoms with E-state index in [1.165, 1.54) is 28.8 Å². The number of rotatable bonds is 4. The van der Waals surface area contributed by atoms with Crippen LogP contribution >= 0.6 is 24.0 Å². The van der Waals surface area contributed by atoms with Gasteiger partial charge >= 0.3 is 6.61 Å². The molecular formula is C16H10F2N2O2S2. The van der Waals surface area contributed by atoms with Crippen molar-refractivity contribution in [2.75, 3.05) is 4.90 Å². The monoisotopic (exact) mass is 364 g/mol. The molecule has 0 N–H and O–H groups in total. The second kappa shape index (κ2) is 7.06. The van der Waals surface area contributed by atoms with E-state index in [4.69, 9.17) is 12.2 Å². The molecule has 0 radical (unpaired) electrons. The summed E-state index contributed by atoms with van der Waals surface area (Å²) in [5.41, 5.74) is 1.28. The van der Waals surface area contributed by atoms with Crippen LogP contribution in [0.15, 0.2) is 53.7 Å². The molecule has 8 heteroatoms. The van der Waals surface area contributed by atoms with Crippen LogP contribution in [0, 0.1) is 0 Å². The smallest absolute Gasteiger partial charge is 0.387 e. The minimum atomic E-state index is -2.87. The Hall–Kier alpha value is -2.32. The Morgan fingerprint density at radius 1 is 1.25 bits per heavy atom. The molecule has 122 valence electrons. The molecule has 1 aliphatic rings. The zero-order valence-corrected chi connectivity index (χ0v) is 13.7. The average Bonchev–Trinajstić information content (AvgIpc) is 2.83. The number of pyridine rings is 1. The molecule has 1 aromatic heterocycles. The van der Waals surface area contributed by atoms with E-state index in [-0.39, 0.29) is 11.7 Å². The number of thiocarbonyl (C=S) groups is 1. The molecule has 2 aromatic rings. The number of anilines is 1. The van der Waals surface area contributed by atoms with Gasteiger partial charge in [-0.25, -0.2) is 0 Å². The minimum absolute atomic E-state index is 0.0602. The van der Waals surface area contributed by atoms with Crippen molar-refractivity contribution in [1.82, 2.24) is 4.98 Å². The lowest BCUT2D eigenvalue weighted by Gasteiger charge is -2.13. The second-order valence-electron chi connectivity index (χ2n) is 4.68. The van der Waals surface area contributed by atoms with Crippen LogP contribution < -0.4 is 9.64 Å². The largest absolute Gasteiger partial charge is 0.435 e. The highest BCUT2D eigenvalue weighted by molar-refractivity contribution is 8.27. The molecule has 1 amide bonds. The first-order valence-corrected chi connectivity index (χ1v) is 8.00. The molecule has 0 saturated carbocycles. The van der Waals surface area contributed by atoms with Gasteiger partial charge in [-0.15, -0.1) is 0 Å². The standard InChI is InChI=1S/C16H10F2N2O2S2/c17-15(18)22-12-5-3-10(4-6-12)8-13-14(21)20(16(23)24-13)11-2-1-7-19-9-11/h1-9,15H/b13-8+. The first-order chi connectivity index (χ1) is 11.5. The number of hydrogen-bond acceptors (Lipinski definition) is 5. The number of ether oxygens (including phenoxy) is 1. The van der Waals surface area contributed by atoms with Crippen molar-refractivity contribution in [3.63, 3.8) is 0 Å². The summed E-state index contributed by atoms with van der Waals surface area (Å²) in [5, 5.41) is 0. The Labute approximate surface area is 146 Å². The van der Waals surface area contributed by atoms with Crippen LogP contribution in [0.4, 0.5) is 14.5 Å². The highest BCUT2D eigenvalue weighted by Gasteiger charge is 2.33. The summed E-state index contributed by atoms with van der Waals surface area (Å²) in [6, 6.07) is 9.49. The third-order valence-corrected chi connectivity index (χ3v) is 4.40. The Morgan fingerprint density at radius 2 is 2.00 bits per heavy atom. The number of halogens is 2. The lowest BCUT2D eigenvalue weighted by molar-refractivity contribution is -0.113. The van der Waals surface area contributed by atoms with E-state index in [1.807, 2.05) is 0 Å². The maximum atomic E-state index is 12.5. The van der Waals surface area contributed by atoms with Crippen LogP contribution in [-0.4, -0.2) is 21.8 Å². The normalized spacial score (nSPS) is 16.3. The Morgan fingerprint density at radius 3 is 2.62 bits per heavy atom. The molecule has 0 spiro atoms. The quantitative estimate of drug-likeness (QED) is 0.604. The van der Waals surface area contributed by atoms with E-state index < -0.39 is 6.61 Å². The zero-order chi connectivity index (χ0) is 17.1. The fourth-order valence-corrected chi connectivity index (χ4v) is 3.37. The average molecular weight is 364 g/mol. The molecule has 3 rings (SSSR count). The van der Waals surface area contributed by atoms with Gasteiger partial charge in [-0.2, -0.15) is 8.78 Å². The fourth-order valence-electron chi connectivity index (χ4n) is 2.07. The Bertz CT molecular complexity index is 795. The summed E-state index contributed by atoms with van der Waals surface area (Å²) in [5.74, 6) is -0.184. The third kappa shape index (κ3) is 3.60. The number of benzene rings is 1. The molecule has 0 unspecified atom stereocenters. The van der Waals surface area contributed by atoms with Gasteiger partial charge in [0.2, 0.25) is 0 Å².